The lowest BCUT2D eigenvalue weighted by atomic mass is 9.96. The van der Waals surface area contributed by atoms with Gasteiger partial charge in [0.1, 0.15) is 0 Å². The van der Waals surface area contributed by atoms with Gasteiger partial charge in [0.05, 0.1) is 18.1 Å². The number of aliphatic hydroxyl groups excluding tert-OH is 2. The number of allylic oxidation sites excluding steroid dienone is 2. The van der Waals surface area contributed by atoms with Gasteiger partial charge in [-0.25, -0.2) is 4.98 Å². The first-order valence-electron chi connectivity index (χ1n) is 6.15. The van der Waals surface area contributed by atoms with Crippen molar-refractivity contribution in [3.8, 4) is 0 Å². The van der Waals surface area contributed by atoms with Crippen molar-refractivity contribution in [3.63, 3.8) is 0 Å². The fourth-order valence-electron chi connectivity index (χ4n) is 2.78. The van der Waals surface area contributed by atoms with Crippen LogP contribution in [0.5, 0.6) is 0 Å². The zero-order valence-electron chi connectivity index (χ0n) is 10.9. The van der Waals surface area contributed by atoms with Crippen molar-refractivity contribution in [1.82, 2.24) is 9.97 Å². The number of H-pyrrole nitrogens is 1. The van der Waals surface area contributed by atoms with Crippen LogP contribution in [0.25, 0.3) is 5.57 Å². The van der Waals surface area contributed by atoms with Gasteiger partial charge in [-0.3, -0.25) is 4.79 Å². The average Bonchev–Trinajstić information content (AvgIpc) is 2.98. The average molecular weight is 268 g/mol. The third-order valence-corrected chi connectivity index (χ3v) is 3.59. The molecule has 106 valence electrons. The van der Waals surface area contributed by atoms with Crippen LogP contribution in [0.15, 0.2) is 17.2 Å². The van der Waals surface area contributed by atoms with Crippen molar-refractivity contribution in [2.24, 2.45) is 5.92 Å². The summed E-state index contributed by atoms with van der Waals surface area (Å²) in [4.78, 5) is 18.4. The molecule has 5 N–H and O–H groups in total. The lowest BCUT2D eigenvalue weighted by Gasteiger charge is -2.11. The first-order valence-corrected chi connectivity index (χ1v) is 6.15. The van der Waals surface area contributed by atoms with Gasteiger partial charge in [0.2, 0.25) is 0 Å². The Hall–Kier alpha value is -1.50. The van der Waals surface area contributed by atoms with Crippen molar-refractivity contribution >= 4 is 5.57 Å². The molecule has 6 nitrogen and oxygen atoms in total. The largest absolute Gasteiger partial charge is 0.412 e. The summed E-state index contributed by atoms with van der Waals surface area (Å²) in [6, 6.07) is 0. The molecule has 0 spiro atoms. The lowest BCUT2D eigenvalue weighted by molar-refractivity contribution is 0.180. The van der Waals surface area contributed by atoms with Crippen molar-refractivity contribution < 1.29 is 15.7 Å². The molecule has 3 rings (SSSR count). The fourth-order valence-corrected chi connectivity index (χ4v) is 2.78. The summed E-state index contributed by atoms with van der Waals surface area (Å²) in [6.07, 6.45) is 6.72. The summed E-state index contributed by atoms with van der Waals surface area (Å²) in [5.74, 6) is 0.380. The van der Waals surface area contributed by atoms with E-state index in [4.69, 9.17) is 5.11 Å². The number of nitrogens with one attached hydrogen (secondary N) is 1. The van der Waals surface area contributed by atoms with Crippen LogP contribution in [0.4, 0.5) is 0 Å². The first kappa shape index (κ1) is 15.6. The topological polar surface area (TPSA) is 118 Å². The Morgan fingerprint density at radius 1 is 1.37 bits per heavy atom. The van der Waals surface area contributed by atoms with Gasteiger partial charge in [-0.05, 0) is 37.2 Å². The number of rotatable bonds is 1. The molecule has 2 aliphatic rings. The van der Waals surface area contributed by atoms with Gasteiger partial charge < -0.3 is 20.7 Å². The molecule has 0 aromatic carbocycles. The van der Waals surface area contributed by atoms with Crippen LogP contribution in [0.2, 0.25) is 0 Å². The summed E-state index contributed by atoms with van der Waals surface area (Å²) < 4.78 is 0. The highest BCUT2D eigenvalue weighted by Crippen LogP contribution is 2.39. The first-order chi connectivity index (χ1) is 8.75. The van der Waals surface area contributed by atoms with Gasteiger partial charge in [0.25, 0.3) is 5.56 Å². The number of aliphatic hydroxyl groups is 2. The molecule has 0 radical (unpaired) electrons. The third kappa shape index (κ3) is 2.91. The van der Waals surface area contributed by atoms with Gasteiger partial charge in [0.15, 0.2) is 0 Å². The SMILES string of the molecule is CO.O.O=c1[nH]cnc2c1CC=C2[C@@H]1CC[C@H](O)C1. The molecule has 1 aromatic rings. The molecule has 0 aliphatic heterocycles. The number of fused-ring (bicyclic) bond motifs is 1. The standard InChI is InChI=1S/C12H14N2O2.CH4O.H2O/c15-8-2-1-7(5-8)9-3-4-10-11(9)13-6-14-12(10)16;1-2;/h3,6-8,15H,1-2,4-5H2,(H,13,14,16);2H,1H3;1H2/t7-,8+;;/m1../s1. The highest BCUT2D eigenvalue weighted by molar-refractivity contribution is 5.71. The molecule has 1 aromatic heterocycles. The van der Waals surface area contributed by atoms with E-state index in [0.29, 0.717) is 12.3 Å². The van der Waals surface area contributed by atoms with E-state index in [1.54, 1.807) is 0 Å². The maximum absolute atomic E-state index is 11.6. The fraction of sp³-hybridized carbons (Fsp3) is 0.538. The summed E-state index contributed by atoms with van der Waals surface area (Å²) >= 11 is 0. The molecule has 1 saturated carbocycles. The Balaban J connectivity index is 0.000000576. The van der Waals surface area contributed by atoms with E-state index < -0.39 is 0 Å². The zero-order valence-corrected chi connectivity index (χ0v) is 10.9. The molecule has 0 bridgehead atoms. The third-order valence-electron chi connectivity index (χ3n) is 3.59. The van der Waals surface area contributed by atoms with Crippen LogP contribution >= 0.6 is 0 Å². The number of aromatic nitrogens is 2. The van der Waals surface area contributed by atoms with Crippen molar-refractivity contribution in [1.29, 1.82) is 0 Å². The minimum Gasteiger partial charge on any atom is -0.412 e. The Morgan fingerprint density at radius 3 is 2.74 bits per heavy atom. The summed E-state index contributed by atoms with van der Waals surface area (Å²) in [7, 11) is 1.00. The van der Waals surface area contributed by atoms with E-state index in [2.05, 4.69) is 16.0 Å². The molecule has 2 aliphatic carbocycles. The predicted molar refractivity (Wildman–Crippen MR) is 71.6 cm³/mol. The quantitative estimate of drug-likeness (QED) is 0.645. The Kier molecular flexibility index (Phi) is 5.41. The molecule has 0 amide bonds. The normalized spacial score (nSPS) is 23.8. The molecular formula is C13H20N2O4. The van der Waals surface area contributed by atoms with Gasteiger partial charge >= 0.3 is 0 Å². The maximum Gasteiger partial charge on any atom is 0.254 e. The summed E-state index contributed by atoms with van der Waals surface area (Å²) in [5, 5.41) is 16.5. The van der Waals surface area contributed by atoms with Crippen molar-refractivity contribution in [3.05, 3.63) is 34.0 Å². The van der Waals surface area contributed by atoms with E-state index in [1.807, 2.05) is 0 Å². The van der Waals surface area contributed by atoms with Crippen LogP contribution in [0, 0.1) is 5.92 Å². The highest BCUT2D eigenvalue weighted by atomic mass is 16.3. The second kappa shape index (κ2) is 6.60. The highest BCUT2D eigenvalue weighted by Gasteiger charge is 2.30. The van der Waals surface area contributed by atoms with E-state index in [0.717, 1.165) is 43.2 Å². The second-order valence-electron chi connectivity index (χ2n) is 4.59. The van der Waals surface area contributed by atoms with Crippen LogP contribution in [-0.2, 0) is 6.42 Å². The number of nitrogens with zero attached hydrogens (tertiary/aromatic N) is 1. The monoisotopic (exact) mass is 268 g/mol. The van der Waals surface area contributed by atoms with E-state index in [-0.39, 0.29) is 17.1 Å². The molecule has 2 atom stereocenters. The van der Waals surface area contributed by atoms with Crippen LogP contribution in [0.1, 0.15) is 30.5 Å². The maximum atomic E-state index is 11.6. The smallest absolute Gasteiger partial charge is 0.254 e. The van der Waals surface area contributed by atoms with Crippen LogP contribution < -0.4 is 5.56 Å². The molecule has 0 unspecified atom stereocenters. The summed E-state index contributed by atoms with van der Waals surface area (Å²) in [6.45, 7) is 0. The van der Waals surface area contributed by atoms with E-state index >= 15 is 0 Å². The Labute approximate surface area is 111 Å². The number of aromatic amines is 1. The number of hydrogen-bond donors (Lipinski definition) is 3. The molecule has 1 heterocycles. The Bertz CT molecular complexity index is 510. The molecule has 1 fully saturated rings. The van der Waals surface area contributed by atoms with Gasteiger partial charge in [0, 0.05) is 12.7 Å². The number of hydrogen-bond acceptors (Lipinski definition) is 4. The zero-order chi connectivity index (χ0) is 13.1. The predicted octanol–water partition coefficient (Wildman–Crippen LogP) is -0.346. The molecule has 19 heavy (non-hydrogen) atoms. The summed E-state index contributed by atoms with van der Waals surface area (Å²) in [5.41, 5.74) is 2.76. The second-order valence-corrected chi connectivity index (χ2v) is 4.59. The van der Waals surface area contributed by atoms with Crippen molar-refractivity contribution in [2.45, 2.75) is 31.8 Å². The molecular weight excluding hydrogens is 248 g/mol. The Morgan fingerprint density at radius 2 is 2.11 bits per heavy atom. The van der Waals surface area contributed by atoms with Gasteiger partial charge in [-0.2, -0.15) is 0 Å². The molecule has 6 heteroatoms. The van der Waals surface area contributed by atoms with Gasteiger partial charge in [-0.15, -0.1) is 0 Å². The van der Waals surface area contributed by atoms with Crippen LogP contribution in [0.3, 0.4) is 0 Å². The minimum atomic E-state index is -0.183. The lowest BCUT2D eigenvalue weighted by Crippen LogP contribution is -2.14. The van der Waals surface area contributed by atoms with Crippen LogP contribution in [-0.4, -0.2) is 38.9 Å². The minimum absolute atomic E-state index is 0. The van der Waals surface area contributed by atoms with E-state index in [1.165, 1.54) is 6.33 Å². The molecule has 0 saturated heterocycles. The van der Waals surface area contributed by atoms with E-state index in [9.17, 15) is 9.90 Å². The van der Waals surface area contributed by atoms with Crippen molar-refractivity contribution in [2.75, 3.05) is 7.11 Å². The van der Waals surface area contributed by atoms with Gasteiger partial charge in [-0.1, -0.05) is 6.08 Å².